The third-order valence-corrected chi connectivity index (χ3v) is 13.4. The van der Waals surface area contributed by atoms with Crippen molar-refractivity contribution < 1.29 is 42.9 Å². The Bertz CT molecular complexity index is 1060. The number of carbonyl (C=O) groups is 3. The lowest BCUT2D eigenvalue weighted by Gasteiger charge is -2.26. The molecule has 0 amide bonds. The van der Waals surface area contributed by atoms with Crippen molar-refractivity contribution in [1.82, 2.24) is 0 Å². The molecule has 2 atom stereocenters. The highest BCUT2D eigenvalue weighted by Gasteiger charge is 2.22. The Balaban J connectivity index is 4.16. The minimum atomic E-state index is -1.61. The maximum absolute atomic E-state index is 12.9. The number of hydrogen-bond donors (Lipinski definition) is 0. The van der Waals surface area contributed by atoms with Crippen LogP contribution in [0.2, 0.25) is 0 Å². The van der Waals surface area contributed by atoms with Gasteiger partial charge in [0.25, 0.3) is 0 Å². The van der Waals surface area contributed by atoms with E-state index < -0.39 is 24.3 Å². The zero-order valence-corrected chi connectivity index (χ0v) is 45.3. The van der Waals surface area contributed by atoms with Crippen molar-refractivity contribution >= 4 is 17.9 Å². The first kappa shape index (κ1) is 65.3. The number of nitrogens with zero attached hydrogens (tertiary/aromatic N) is 1. The lowest BCUT2D eigenvalue weighted by Crippen LogP contribution is -2.44. The number of carbonyl (C=O) groups excluding carboxylic acids is 3. The average molecular weight is 953 g/mol. The summed E-state index contributed by atoms with van der Waals surface area (Å²) < 4.78 is 22.7. The smallest absolute Gasteiger partial charge is 0.306 e. The minimum Gasteiger partial charge on any atom is -0.545 e. The van der Waals surface area contributed by atoms with Gasteiger partial charge in [0.2, 0.25) is 0 Å². The van der Waals surface area contributed by atoms with Crippen LogP contribution in [0.5, 0.6) is 0 Å². The van der Waals surface area contributed by atoms with E-state index in [4.69, 9.17) is 18.9 Å². The van der Waals surface area contributed by atoms with E-state index in [-0.39, 0.29) is 32.2 Å². The molecule has 0 fully saturated rings. The van der Waals surface area contributed by atoms with Crippen LogP contribution in [0.3, 0.4) is 0 Å². The molecule has 0 aromatic carbocycles. The summed E-state index contributed by atoms with van der Waals surface area (Å²) in [7, 11) is 5.94. The molecule has 0 aromatic heterocycles. The van der Waals surface area contributed by atoms with Gasteiger partial charge in [0.15, 0.2) is 12.4 Å². The first-order valence-electron chi connectivity index (χ1n) is 29.2. The molecule has 0 aromatic rings. The van der Waals surface area contributed by atoms with Crippen molar-refractivity contribution in [2.24, 2.45) is 0 Å². The zero-order chi connectivity index (χ0) is 49.2. The fourth-order valence-corrected chi connectivity index (χ4v) is 8.83. The molecule has 0 heterocycles. The van der Waals surface area contributed by atoms with Crippen LogP contribution in [-0.4, -0.2) is 82.3 Å². The van der Waals surface area contributed by atoms with Gasteiger partial charge < -0.3 is 33.3 Å². The molecular weight excluding hydrogens is 839 g/mol. The van der Waals surface area contributed by atoms with Crippen molar-refractivity contribution in [2.45, 2.75) is 309 Å². The second kappa shape index (κ2) is 50.7. The molecule has 398 valence electrons. The summed E-state index contributed by atoms with van der Waals surface area (Å²) in [4.78, 5) is 37.3. The summed E-state index contributed by atoms with van der Waals surface area (Å²) in [5.74, 6) is -2.25. The van der Waals surface area contributed by atoms with Crippen LogP contribution in [0, 0.1) is 0 Å². The van der Waals surface area contributed by atoms with E-state index in [1.54, 1.807) is 0 Å². The molecule has 0 spiro atoms. The molecule has 0 rings (SSSR count). The molecule has 9 nitrogen and oxygen atoms in total. The first-order valence-corrected chi connectivity index (χ1v) is 29.2. The van der Waals surface area contributed by atoms with Crippen LogP contribution < -0.4 is 5.11 Å². The Labute approximate surface area is 415 Å². The molecule has 0 saturated heterocycles. The summed E-state index contributed by atoms with van der Waals surface area (Å²) in [5, 5.41) is 11.8. The number of rotatable bonds is 55. The average Bonchev–Trinajstić information content (AvgIpc) is 3.29. The third-order valence-electron chi connectivity index (χ3n) is 13.4. The molecule has 0 aliphatic rings. The number of ether oxygens (including phenoxy) is 4. The van der Waals surface area contributed by atoms with Gasteiger partial charge in [0, 0.05) is 12.8 Å². The molecule has 0 aliphatic carbocycles. The minimum absolute atomic E-state index is 0.153. The van der Waals surface area contributed by atoms with Crippen LogP contribution in [0.15, 0.2) is 0 Å². The molecular formula is C58H113NO8. The van der Waals surface area contributed by atoms with Crippen molar-refractivity contribution in [3.8, 4) is 0 Å². The number of unbranched alkanes of at least 4 members (excludes halogenated alkanes) is 40. The third kappa shape index (κ3) is 52.0. The topological polar surface area (TPSA) is 111 Å². The molecule has 0 radical (unpaired) electrons. The van der Waals surface area contributed by atoms with E-state index in [9.17, 15) is 19.5 Å². The van der Waals surface area contributed by atoms with Gasteiger partial charge in [-0.3, -0.25) is 9.59 Å². The summed E-state index contributed by atoms with van der Waals surface area (Å²) in [6.45, 7) is 4.82. The van der Waals surface area contributed by atoms with Gasteiger partial charge in [-0.15, -0.1) is 0 Å². The van der Waals surface area contributed by atoms with Gasteiger partial charge in [-0.1, -0.05) is 271 Å². The highest BCUT2D eigenvalue weighted by molar-refractivity contribution is 5.70. The number of carboxylic acids is 1. The summed E-state index contributed by atoms with van der Waals surface area (Å²) in [5.41, 5.74) is 0. The predicted octanol–water partition coefficient (Wildman–Crippen LogP) is 15.5. The van der Waals surface area contributed by atoms with Crippen molar-refractivity contribution in [3.63, 3.8) is 0 Å². The van der Waals surface area contributed by atoms with Gasteiger partial charge in [0.05, 0.1) is 40.3 Å². The van der Waals surface area contributed by atoms with Gasteiger partial charge in [0.1, 0.15) is 13.2 Å². The Morgan fingerprint density at radius 3 is 0.955 bits per heavy atom. The monoisotopic (exact) mass is 952 g/mol. The number of quaternary nitrogens is 1. The van der Waals surface area contributed by atoms with E-state index in [2.05, 4.69) is 13.8 Å². The highest BCUT2D eigenvalue weighted by atomic mass is 16.7. The largest absolute Gasteiger partial charge is 0.545 e. The molecule has 0 aliphatic heterocycles. The van der Waals surface area contributed by atoms with Crippen LogP contribution in [0.25, 0.3) is 0 Å². The van der Waals surface area contributed by atoms with E-state index in [1.807, 2.05) is 21.1 Å². The second-order valence-corrected chi connectivity index (χ2v) is 21.3. The maximum Gasteiger partial charge on any atom is 0.306 e. The number of aliphatic carboxylic acids is 1. The SMILES string of the molecule is CCCCCCCCCCCCCCCCCCCCCCCCCCCC(=O)OC(COC(=O)CCCCCCCCCCCCCCCCCCC)COC(OCC[N+](C)(C)C)C(=O)[O-]. The first-order chi connectivity index (χ1) is 32.6. The molecule has 0 saturated carbocycles. The van der Waals surface area contributed by atoms with E-state index in [0.717, 1.165) is 38.5 Å². The van der Waals surface area contributed by atoms with Crippen molar-refractivity contribution in [2.75, 3.05) is 47.5 Å². The summed E-state index contributed by atoms with van der Waals surface area (Å²) in [6, 6.07) is 0. The Hall–Kier alpha value is -1.71. The lowest BCUT2D eigenvalue weighted by atomic mass is 10.0. The number of likely N-dealkylation sites (N-methyl/N-ethyl adjacent to an activating group) is 1. The molecule has 0 N–H and O–H groups in total. The molecule has 0 bridgehead atoms. The number of carboxylic acid groups (broad SMARTS) is 1. The standard InChI is InChI=1S/C58H113NO8/c1-6-8-10-12-14-16-18-20-22-24-25-26-27-28-29-30-31-33-35-37-39-41-43-45-47-49-56(61)67-54(53-66-58(57(62)63)64-51-50-59(3,4)5)52-65-55(60)48-46-44-42-40-38-36-34-32-23-21-19-17-15-13-11-9-7-2/h54,58H,6-53H2,1-5H3. The van der Waals surface area contributed by atoms with E-state index in [1.165, 1.54) is 231 Å². The normalized spacial score (nSPS) is 12.7. The Morgan fingerprint density at radius 2 is 0.672 bits per heavy atom. The number of hydrogen-bond acceptors (Lipinski definition) is 8. The van der Waals surface area contributed by atoms with Crippen molar-refractivity contribution in [3.05, 3.63) is 0 Å². The van der Waals surface area contributed by atoms with Gasteiger partial charge in [-0.25, -0.2) is 0 Å². The van der Waals surface area contributed by atoms with Crippen LogP contribution in [0.4, 0.5) is 0 Å². The second-order valence-electron chi connectivity index (χ2n) is 21.3. The Kier molecular flexibility index (Phi) is 49.4. The number of esters is 2. The van der Waals surface area contributed by atoms with Crippen molar-refractivity contribution in [1.29, 1.82) is 0 Å². The molecule has 2 unspecified atom stereocenters. The maximum atomic E-state index is 12.9. The lowest BCUT2D eigenvalue weighted by molar-refractivity contribution is -0.870. The van der Waals surface area contributed by atoms with Gasteiger partial charge in [-0.05, 0) is 12.8 Å². The molecule has 9 heteroatoms. The summed E-state index contributed by atoms with van der Waals surface area (Å²) >= 11 is 0. The highest BCUT2D eigenvalue weighted by Crippen LogP contribution is 2.18. The predicted molar refractivity (Wildman–Crippen MR) is 279 cm³/mol. The van der Waals surface area contributed by atoms with Crippen LogP contribution in [-0.2, 0) is 33.3 Å². The van der Waals surface area contributed by atoms with E-state index in [0.29, 0.717) is 17.4 Å². The molecule has 67 heavy (non-hydrogen) atoms. The van der Waals surface area contributed by atoms with Crippen LogP contribution >= 0.6 is 0 Å². The van der Waals surface area contributed by atoms with Gasteiger partial charge >= 0.3 is 11.9 Å². The quantitative estimate of drug-likeness (QED) is 0.0256. The summed E-state index contributed by atoms with van der Waals surface area (Å²) in [6.07, 6.45) is 52.9. The van der Waals surface area contributed by atoms with E-state index >= 15 is 0 Å². The Morgan fingerprint density at radius 1 is 0.388 bits per heavy atom. The fourth-order valence-electron chi connectivity index (χ4n) is 8.83. The zero-order valence-electron chi connectivity index (χ0n) is 45.3. The van der Waals surface area contributed by atoms with Gasteiger partial charge in [-0.2, -0.15) is 0 Å². The fraction of sp³-hybridized carbons (Fsp3) is 0.948. The van der Waals surface area contributed by atoms with Crippen LogP contribution in [0.1, 0.15) is 296 Å².